The molecule has 7 heteroatoms. The normalized spacial score (nSPS) is 11.8. The molecule has 5 aromatic heterocycles. The Morgan fingerprint density at radius 3 is 0.910 bits per heavy atom. The number of rotatable bonds is 11. The molecule has 0 aliphatic heterocycles. The van der Waals surface area contributed by atoms with E-state index in [4.69, 9.17) is 15.0 Å². The van der Waals surface area contributed by atoms with Crippen LogP contribution in [0.15, 0.2) is 358 Å². The molecule has 5 heterocycles. The summed E-state index contributed by atoms with van der Waals surface area (Å²) in [4.78, 5) is 16.3. The average Bonchev–Trinajstić information content (AvgIpc) is 1.60. The number of hydrogen-bond acceptors (Lipinski definition) is 3. The number of para-hydroxylation sites is 6. The van der Waals surface area contributed by atoms with E-state index in [-0.39, 0.29) is 0 Å². The van der Waals surface area contributed by atoms with Crippen LogP contribution in [0.3, 0.4) is 0 Å². The van der Waals surface area contributed by atoms with E-state index in [9.17, 15) is 0 Å². The van der Waals surface area contributed by atoms with E-state index in [0.717, 1.165) is 100 Å². The predicted molar refractivity (Wildman–Crippen MR) is 415 cm³/mol. The van der Waals surface area contributed by atoms with Gasteiger partial charge in [-0.3, -0.25) is 0 Å². The second kappa shape index (κ2) is 23.1. The van der Waals surface area contributed by atoms with Crippen molar-refractivity contribution in [2.75, 3.05) is 0 Å². The van der Waals surface area contributed by atoms with Crippen molar-refractivity contribution < 1.29 is 0 Å². The molecule has 15 aromatic carbocycles. The van der Waals surface area contributed by atoms with Gasteiger partial charge in [0, 0.05) is 82.5 Å². The predicted octanol–water partition coefficient (Wildman–Crippen LogP) is 23.9. The number of benzene rings is 15. The quantitative estimate of drug-likeness (QED) is 0.130. The highest BCUT2D eigenvalue weighted by Crippen LogP contribution is 2.42. The number of hydrogen-bond donors (Lipinski definition) is 0. The Hall–Kier alpha value is -13.5. The Balaban J connectivity index is 0.708. The summed E-state index contributed by atoms with van der Waals surface area (Å²) < 4.78 is 9.54. The molecule has 0 spiro atoms. The van der Waals surface area contributed by atoms with Gasteiger partial charge >= 0.3 is 0 Å². The van der Waals surface area contributed by atoms with Crippen LogP contribution < -0.4 is 0 Å². The van der Waals surface area contributed by atoms with Crippen LogP contribution in [-0.4, -0.2) is 33.2 Å². The molecule has 0 saturated heterocycles. The summed E-state index contributed by atoms with van der Waals surface area (Å²) in [6, 6.07) is 129. The Morgan fingerprint density at radius 1 is 0.140 bits per heavy atom. The highest BCUT2D eigenvalue weighted by molar-refractivity contribution is 6.15. The molecule has 0 N–H and O–H groups in total. The van der Waals surface area contributed by atoms with Gasteiger partial charge in [-0.1, -0.05) is 224 Å². The van der Waals surface area contributed by atoms with Crippen LogP contribution in [0.25, 0.3) is 189 Å². The molecule has 0 aliphatic carbocycles. The molecule has 0 atom stereocenters. The maximum Gasteiger partial charge on any atom is 0.164 e. The van der Waals surface area contributed by atoms with Gasteiger partial charge in [-0.25, -0.2) is 15.0 Å². The van der Waals surface area contributed by atoms with Crippen LogP contribution in [0, 0.1) is 0 Å². The van der Waals surface area contributed by atoms with Crippen molar-refractivity contribution in [1.29, 1.82) is 0 Å². The molecule has 100 heavy (non-hydrogen) atoms. The minimum atomic E-state index is 0.574. The fourth-order valence-corrected chi connectivity index (χ4v) is 15.5. The third-order valence-electron chi connectivity index (χ3n) is 20.2. The molecule has 0 bridgehead atoms. The standard InChI is InChI=1S/C93H59N7/c1-4-21-60(22-5-1)62-23-18-24-63(53-62)64-25-19-26-69(54-64)92-94-91(61-41-47-73(48-42-61)99-83-37-14-10-33-75(83)79-49-43-67(58-89(79)99)65-45-51-87-81(56-65)77-35-12-16-39-85(77)97(87)71-28-6-2-7-29-71)95-93(96-92)70-27-20-32-74(55-70)100-84-38-15-11-34-76(84)80-50-44-68(59-90(80)100)66-46-52-88-82(57-66)78-36-13-17-40-86(78)98(88)72-30-8-3-9-31-72/h1-59H. The van der Waals surface area contributed by atoms with Crippen LogP contribution in [0.4, 0.5) is 0 Å². The van der Waals surface area contributed by atoms with E-state index in [0.29, 0.717) is 17.5 Å². The summed E-state index contributed by atoms with van der Waals surface area (Å²) in [7, 11) is 0. The molecule has 0 saturated carbocycles. The second-order valence-corrected chi connectivity index (χ2v) is 25.9. The van der Waals surface area contributed by atoms with Crippen LogP contribution in [0.5, 0.6) is 0 Å². The van der Waals surface area contributed by atoms with Crippen molar-refractivity contribution in [2.45, 2.75) is 0 Å². The van der Waals surface area contributed by atoms with Gasteiger partial charge in [-0.05, 0) is 178 Å². The Labute approximate surface area is 576 Å². The minimum Gasteiger partial charge on any atom is -0.309 e. The van der Waals surface area contributed by atoms with Gasteiger partial charge < -0.3 is 18.3 Å². The van der Waals surface area contributed by atoms with Crippen molar-refractivity contribution in [3.05, 3.63) is 358 Å². The highest BCUT2D eigenvalue weighted by atomic mass is 15.0. The summed E-state index contributed by atoms with van der Waals surface area (Å²) in [5.41, 5.74) is 25.3. The number of nitrogens with zero attached hydrogens (tertiary/aromatic N) is 7. The van der Waals surface area contributed by atoms with Crippen molar-refractivity contribution >= 4 is 87.2 Å². The number of aromatic nitrogens is 7. The largest absolute Gasteiger partial charge is 0.309 e. The smallest absolute Gasteiger partial charge is 0.164 e. The van der Waals surface area contributed by atoms with E-state index in [1.807, 2.05) is 0 Å². The lowest BCUT2D eigenvalue weighted by molar-refractivity contribution is 1.07. The molecule has 0 fully saturated rings. The zero-order valence-corrected chi connectivity index (χ0v) is 54.2. The molecule has 466 valence electrons. The van der Waals surface area contributed by atoms with Crippen molar-refractivity contribution in [1.82, 2.24) is 33.2 Å². The van der Waals surface area contributed by atoms with E-state index in [1.54, 1.807) is 0 Å². The van der Waals surface area contributed by atoms with Gasteiger partial charge in [-0.15, -0.1) is 0 Å². The van der Waals surface area contributed by atoms with Crippen LogP contribution in [-0.2, 0) is 0 Å². The first-order valence-electron chi connectivity index (χ1n) is 34.1. The van der Waals surface area contributed by atoms with Crippen LogP contribution >= 0.6 is 0 Å². The van der Waals surface area contributed by atoms with Crippen LogP contribution in [0.2, 0.25) is 0 Å². The first kappa shape index (κ1) is 56.8. The zero-order valence-electron chi connectivity index (χ0n) is 54.2. The molecule has 0 radical (unpaired) electrons. The number of fused-ring (bicyclic) bond motifs is 12. The van der Waals surface area contributed by atoms with E-state index < -0.39 is 0 Å². The van der Waals surface area contributed by atoms with Crippen molar-refractivity contribution in [3.63, 3.8) is 0 Å². The summed E-state index contributed by atoms with van der Waals surface area (Å²) >= 11 is 0. The highest BCUT2D eigenvalue weighted by Gasteiger charge is 2.22. The SMILES string of the molecule is c1ccc(-c2cccc(-c3cccc(-c4nc(-c5ccc(-n6c7ccccc7c7ccc(-c8ccc9c(c8)c8ccccc8n9-c8ccccc8)cc76)cc5)nc(-c5cccc(-n6c7ccccc7c7ccc(-c8ccc9c(c8)c8ccccc8n9-c8ccccc8)cc76)c5)n4)c3)c2)cc1. The average molecular weight is 1270 g/mol. The lowest BCUT2D eigenvalue weighted by Crippen LogP contribution is -2.01. The second-order valence-electron chi connectivity index (χ2n) is 25.9. The van der Waals surface area contributed by atoms with Crippen LogP contribution in [0.1, 0.15) is 0 Å². The fraction of sp³-hybridized carbons (Fsp3) is 0. The fourth-order valence-electron chi connectivity index (χ4n) is 15.5. The van der Waals surface area contributed by atoms with Gasteiger partial charge in [0.1, 0.15) is 0 Å². The third-order valence-corrected chi connectivity index (χ3v) is 20.2. The third kappa shape index (κ3) is 9.39. The van der Waals surface area contributed by atoms with E-state index >= 15 is 0 Å². The molecule has 0 aliphatic rings. The molecule has 20 rings (SSSR count). The van der Waals surface area contributed by atoms with Gasteiger partial charge in [0.05, 0.1) is 44.1 Å². The minimum absolute atomic E-state index is 0.574. The summed E-state index contributed by atoms with van der Waals surface area (Å²) in [5.74, 6) is 1.73. The maximum atomic E-state index is 5.45. The zero-order chi connectivity index (χ0) is 65.8. The molecular weight excluding hydrogens is 1220 g/mol. The Kier molecular flexibility index (Phi) is 13.1. The molecular formula is C93H59N7. The van der Waals surface area contributed by atoms with Gasteiger partial charge in [-0.2, -0.15) is 0 Å². The first-order chi connectivity index (χ1) is 49.6. The van der Waals surface area contributed by atoms with E-state index in [2.05, 4.69) is 376 Å². The summed E-state index contributed by atoms with van der Waals surface area (Å²) in [5, 5.41) is 9.63. The van der Waals surface area contributed by atoms with Crippen molar-refractivity contribution in [3.8, 4) is 101 Å². The topological polar surface area (TPSA) is 58.4 Å². The maximum absolute atomic E-state index is 5.45. The molecule has 0 amide bonds. The first-order valence-corrected chi connectivity index (χ1v) is 34.1. The lowest BCUT2D eigenvalue weighted by atomic mass is 9.98. The molecule has 7 nitrogen and oxygen atoms in total. The van der Waals surface area contributed by atoms with Gasteiger partial charge in [0.15, 0.2) is 17.5 Å². The van der Waals surface area contributed by atoms with Gasteiger partial charge in [0.25, 0.3) is 0 Å². The monoisotopic (exact) mass is 1270 g/mol. The molecule has 0 unspecified atom stereocenters. The Morgan fingerprint density at radius 2 is 0.420 bits per heavy atom. The van der Waals surface area contributed by atoms with E-state index in [1.165, 1.54) is 70.7 Å². The van der Waals surface area contributed by atoms with Crippen molar-refractivity contribution in [2.24, 2.45) is 0 Å². The molecule has 20 aromatic rings. The lowest BCUT2D eigenvalue weighted by Gasteiger charge is -2.13. The van der Waals surface area contributed by atoms with Gasteiger partial charge in [0.2, 0.25) is 0 Å². The summed E-state index contributed by atoms with van der Waals surface area (Å²) in [6.07, 6.45) is 0. The summed E-state index contributed by atoms with van der Waals surface area (Å²) in [6.45, 7) is 0. The Bertz CT molecular complexity index is 6630.